The molecule has 6 heteroatoms. The van der Waals surface area contributed by atoms with Gasteiger partial charge in [-0.05, 0) is 49.1 Å². The summed E-state index contributed by atoms with van der Waals surface area (Å²) in [6.45, 7) is 0. The minimum Gasteiger partial charge on any atom is -0.397 e. The highest BCUT2D eigenvalue weighted by Gasteiger charge is 2.30. The van der Waals surface area contributed by atoms with E-state index in [0.717, 1.165) is 41.6 Å². The molecule has 120 valence electrons. The van der Waals surface area contributed by atoms with Crippen LogP contribution in [0.1, 0.15) is 23.2 Å². The van der Waals surface area contributed by atoms with Crippen molar-refractivity contribution >= 4 is 16.6 Å². The molecule has 1 aromatic carbocycles. The quantitative estimate of drug-likeness (QED) is 0.751. The minimum atomic E-state index is -4.34. The number of anilines is 1. The first kappa shape index (κ1) is 15.4. The molecule has 0 amide bonds. The molecule has 0 fully saturated rings. The van der Waals surface area contributed by atoms with Gasteiger partial charge in [-0.2, -0.15) is 13.2 Å². The summed E-state index contributed by atoms with van der Waals surface area (Å²) >= 11 is 0. The van der Waals surface area contributed by atoms with Gasteiger partial charge in [-0.25, -0.2) is 0 Å². The summed E-state index contributed by atoms with van der Waals surface area (Å²) in [5.41, 5.74) is 8.69. The van der Waals surface area contributed by atoms with Crippen molar-refractivity contribution in [2.45, 2.75) is 25.4 Å². The van der Waals surface area contributed by atoms with Gasteiger partial charge in [0.2, 0.25) is 0 Å². The lowest BCUT2D eigenvalue weighted by Crippen LogP contribution is -2.06. The Balaban J connectivity index is 1.61. The van der Waals surface area contributed by atoms with Gasteiger partial charge in [0.15, 0.2) is 0 Å². The predicted molar refractivity (Wildman–Crippen MR) is 84.0 cm³/mol. The lowest BCUT2D eigenvalue weighted by Gasteiger charge is -2.07. The first-order chi connectivity index (χ1) is 10.9. The van der Waals surface area contributed by atoms with Crippen LogP contribution < -0.4 is 5.73 Å². The van der Waals surface area contributed by atoms with Crippen molar-refractivity contribution in [3.8, 4) is 0 Å². The number of aryl methyl sites for hydroxylation is 2. The third-order valence-electron chi connectivity index (χ3n) is 3.83. The summed E-state index contributed by atoms with van der Waals surface area (Å²) in [4.78, 5) is 6.97. The summed E-state index contributed by atoms with van der Waals surface area (Å²) in [5, 5.41) is 0.996. The van der Waals surface area contributed by atoms with Crippen LogP contribution in [0.3, 0.4) is 0 Å². The van der Waals surface area contributed by atoms with Crippen molar-refractivity contribution in [3.05, 3.63) is 59.5 Å². The Kier molecular flexibility index (Phi) is 3.98. The molecular weight excluding hydrogens is 303 g/mol. The molecule has 2 aromatic heterocycles. The van der Waals surface area contributed by atoms with E-state index < -0.39 is 11.7 Å². The number of benzene rings is 1. The lowest BCUT2D eigenvalue weighted by atomic mass is 10.0. The Bertz CT molecular complexity index is 804. The number of nitrogens with one attached hydrogen (secondary N) is 1. The number of alkyl halides is 3. The van der Waals surface area contributed by atoms with Crippen LogP contribution in [0.5, 0.6) is 0 Å². The molecule has 3 rings (SSSR count). The van der Waals surface area contributed by atoms with Crippen LogP contribution in [0, 0.1) is 0 Å². The second-order valence-electron chi connectivity index (χ2n) is 5.51. The number of pyridine rings is 1. The van der Waals surface area contributed by atoms with Gasteiger partial charge in [0.25, 0.3) is 0 Å². The smallest absolute Gasteiger partial charge is 0.397 e. The van der Waals surface area contributed by atoms with E-state index in [1.807, 2.05) is 18.2 Å². The highest BCUT2D eigenvalue weighted by atomic mass is 19.4. The largest absolute Gasteiger partial charge is 0.417 e. The molecule has 0 unspecified atom stereocenters. The summed E-state index contributed by atoms with van der Waals surface area (Å²) in [6, 6.07) is 8.57. The number of halogens is 3. The van der Waals surface area contributed by atoms with Crippen LogP contribution in [-0.4, -0.2) is 9.97 Å². The van der Waals surface area contributed by atoms with Gasteiger partial charge < -0.3 is 10.7 Å². The van der Waals surface area contributed by atoms with E-state index in [1.165, 1.54) is 6.07 Å². The standard InChI is InChI=1S/C17H16F3N3/c18-17(19,20)12-5-6-13(22-9-12)3-1-2-11-4-7-16-14(8-11)15(21)10-23-16/h4-10,23H,1-3,21H2. The fraction of sp³-hybridized carbons (Fsp3) is 0.235. The molecule has 23 heavy (non-hydrogen) atoms. The SMILES string of the molecule is Nc1c[nH]c2ccc(CCCc3ccc(C(F)(F)F)cn3)cc12. The normalized spacial score (nSPS) is 12.0. The van der Waals surface area contributed by atoms with Crippen LogP contribution in [-0.2, 0) is 19.0 Å². The number of hydrogen-bond donors (Lipinski definition) is 2. The van der Waals surface area contributed by atoms with Crippen LogP contribution in [0.2, 0.25) is 0 Å². The molecule has 3 N–H and O–H groups in total. The maximum absolute atomic E-state index is 12.5. The average Bonchev–Trinajstić information content (AvgIpc) is 2.88. The van der Waals surface area contributed by atoms with Gasteiger partial charge in [0.1, 0.15) is 0 Å². The zero-order valence-corrected chi connectivity index (χ0v) is 12.3. The van der Waals surface area contributed by atoms with Crippen LogP contribution in [0.4, 0.5) is 18.9 Å². The van der Waals surface area contributed by atoms with Gasteiger partial charge in [-0.3, -0.25) is 4.98 Å². The van der Waals surface area contributed by atoms with Gasteiger partial charge in [-0.15, -0.1) is 0 Å². The van der Waals surface area contributed by atoms with Crippen molar-refractivity contribution in [2.75, 3.05) is 5.73 Å². The van der Waals surface area contributed by atoms with E-state index in [2.05, 4.69) is 9.97 Å². The zero-order chi connectivity index (χ0) is 16.4. The van der Waals surface area contributed by atoms with Gasteiger partial charge in [0.05, 0.1) is 11.3 Å². The van der Waals surface area contributed by atoms with Crippen molar-refractivity contribution in [1.82, 2.24) is 9.97 Å². The first-order valence-corrected chi connectivity index (χ1v) is 7.31. The highest BCUT2D eigenvalue weighted by Crippen LogP contribution is 2.28. The first-order valence-electron chi connectivity index (χ1n) is 7.31. The number of aromatic amines is 1. The summed E-state index contributed by atoms with van der Waals surface area (Å²) in [5.74, 6) is 0. The Morgan fingerprint density at radius 3 is 2.61 bits per heavy atom. The molecule has 0 spiro atoms. The number of aromatic nitrogens is 2. The van der Waals surface area contributed by atoms with E-state index in [0.29, 0.717) is 17.8 Å². The van der Waals surface area contributed by atoms with Crippen molar-refractivity contribution in [2.24, 2.45) is 0 Å². The number of rotatable bonds is 4. The molecule has 2 heterocycles. The molecular formula is C17H16F3N3. The molecule has 0 aliphatic rings. The molecule has 0 aliphatic heterocycles. The maximum Gasteiger partial charge on any atom is 0.417 e. The van der Waals surface area contributed by atoms with Crippen molar-refractivity contribution < 1.29 is 13.2 Å². The Morgan fingerprint density at radius 1 is 1.09 bits per heavy atom. The van der Waals surface area contributed by atoms with Crippen LogP contribution in [0.15, 0.2) is 42.7 Å². The number of nitrogens with zero attached hydrogens (tertiary/aromatic N) is 1. The molecule has 0 saturated heterocycles. The molecule has 3 aromatic rings. The van der Waals surface area contributed by atoms with Crippen molar-refractivity contribution in [3.63, 3.8) is 0 Å². The maximum atomic E-state index is 12.5. The Morgan fingerprint density at radius 2 is 1.91 bits per heavy atom. The van der Waals surface area contributed by atoms with E-state index in [9.17, 15) is 13.2 Å². The van der Waals surface area contributed by atoms with E-state index in [-0.39, 0.29) is 0 Å². The predicted octanol–water partition coefficient (Wildman–Crippen LogP) is 4.34. The van der Waals surface area contributed by atoms with E-state index >= 15 is 0 Å². The summed E-state index contributed by atoms with van der Waals surface area (Å²) in [6.07, 6.45) is 0.593. The topological polar surface area (TPSA) is 54.7 Å². The number of nitrogens with two attached hydrogens (primary N) is 1. The van der Waals surface area contributed by atoms with Gasteiger partial charge in [-0.1, -0.05) is 6.07 Å². The second-order valence-corrected chi connectivity index (χ2v) is 5.51. The fourth-order valence-corrected chi connectivity index (χ4v) is 2.56. The third-order valence-corrected chi connectivity index (χ3v) is 3.83. The molecule has 0 atom stereocenters. The van der Waals surface area contributed by atoms with Gasteiger partial charge in [0, 0.05) is 29.0 Å². The fourth-order valence-electron chi connectivity index (χ4n) is 2.56. The number of fused-ring (bicyclic) bond motifs is 1. The van der Waals surface area contributed by atoms with Crippen LogP contribution >= 0.6 is 0 Å². The number of H-pyrrole nitrogens is 1. The molecule has 0 radical (unpaired) electrons. The lowest BCUT2D eigenvalue weighted by molar-refractivity contribution is -0.137. The van der Waals surface area contributed by atoms with Gasteiger partial charge >= 0.3 is 6.18 Å². The van der Waals surface area contributed by atoms with E-state index in [1.54, 1.807) is 6.20 Å². The summed E-state index contributed by atoms with van der Waals surface area (Å²) in [7, 11) is 0. The average molecular weight is 319 g/mol. The molecule has 0 bridgehead atoms. The van der Waals surface area contributed by atoms with E-state index in [4.69, 9.17) is 5.73 Å². The molecule has 3 nitrogen and oxygen atoms in total. The summed E-state index contributed by atoms with van der Waals surface area (Å²) < 4.78 is 37.4. The van der Waals surface area contributed by atoms with Crippen molar-refractivity contribution in [1.29, 1.82) is 0 Å². The Labute approximate surface area is 131 Å². The molecule has 0 saturated carbocycles. The van der Waals surface area contributed by atoms with Crippen LogP contribution in [0.25, 0.3) is 10.9 Å². The Hall–Kier alpha value is -2.50. The second kappa shape index (κ2) is 5.95. The number of nitrogen functional groups attached to an aromatic ring is 1. The monoisotopic (exact) mass is 319 g/mol. The third kappa shape index (κ3) is 3.47. The highest BCUT2D eigenvalue weighted by molar-refractivity contribution is 5.91. The zero-order valence-electron chi connectivity index (χ0n) is 12.3. The number of hydrogen-bond acceptors (Lipinski definition) is 2. The molecule has 0 aliphatic carbocycles. The minimum absolute atomic E-state index is 0.638.